The van der Waals surface area contributed by atoms with Gasteiger partial charge >= 0.3 is 0 Å². The van der Waals surface area contributed by atoms with E-state index in [0.717, 1.165) is 59.8 Å². The van der Waals surface area contributed by atoms with Gasteiger partial charge in [-0.1, -0.05) is 12.1 Å². The molecule has 6 heteroatoms. The summed E-state index contributed by atoms with van der Waals surface area (Å²) in [6, 6.07) is 7.82. The highest BCUT2D eigenvalue weighted by molar-refractivity contribution is 5.91. The van der Waals surface area contributed by atoms with E-state index in [9.17, 15) is 5.11 Å². The van der Waals surface area contributed by atoms with Crippen LogP contribution in [0.2, 0.25) is 0 Å². The second-order valence-corrected chi connectivity index (χ2v) is 7.57. The fraction of sp³-hybridized carbons (Fsp3) is 0.455. The molecule has 1 unspecified atom stereocenters. The van der Waals surface area contributed by atoms with Crippen molar-refractivity contribution >= 4 is 16.9 Å². The number of nitrogens with zero attached hydrogens (tertiary/aromatic N) is 3. The zero-order valence-electron chi connectivity index (χ0n) is 16.8. The molecule has 1 fully saturated rings. The molecule has 2 aromatic heterocycles. The van der Waals surface area contributed by atoms with Crippen molar-refractivity contribution in [3.63, 3.8) is 0 Å². The molecule has 148 valence electrons. The maximum atomic E-state index is 10.9. The monoisotopic (exact) mass is 380 g/mol. The SMILES string of the molecule is CCOc1ccc(C(O)C2CCN(c3ncnc4[nH]c(C)c(C)c34)CC2)cc1. The first kappa shape index (κ1) is 18.7. The van der Waals surface area contributed by atoms with Gasteiger partial charge in [-0.15, -0.1) is 0 Å². The Morgan fingerprint density at radius 2 is 1.89 bits per heavy atom. The number of aromatic amines is 1. The number of aliphatic hydroxyl groups is 1. The van der Waals surface area contributed by atoms with Crippen molar-refractivity contribution in [2.45, 2.75) is 39.7 Å². The summed E-state index contributed by atoms with van der Waals surface area (Å²) in [5.74, 6) is 2.10. The van der Waals surface area contributed by atoms with Gasteiger partial charge in [0, 0.05) is 18.8 Å². The summed E-state index contributed by atoms with van der Waals surface area (Å²) >= 11 is 0. The van der Waals surface area contributed by atoms with Crippen LogP contribution in [0.5, 0.6) is 5.75 Å². The van der Waals surface area contributed by atoms with Gasteiger partial charge in [0.1, 0.15) is 23.5 Å². The van der Waals surface area contributed by atoms with E-state index >= 15 is 0 Å². The maximum Gasteiger partial charge on any atom is 0.143 e. The molecule has 28 heavy (non-hydrogen) atoms. The van der Waals surface area contributed by atoms with Crippen LogP contribution in [0.3, 0.4) is 0 Å². The van der Waals surface area contributed by atoms with Crippen LogP contribution in [-0.4, -0.2) is 39.8 Å². The Hall–Kier alpha value is -2.60. The number of benzene rings is 1. The van der Waals surface area contributed by atoms with E-state index in [1.165, 1.54) is 5.56 Å². The molecule has 1 atom stereocenters. The molecule has 6 nitrogen and oxygen atoms in total. The quantitative estimate of drug-likeness (QED) is 0.702. The number of piperidine rings is 1. The number of aromatic nitrogens is 3. The number of nitrogens with one attached hydrogen (secondary N) is 1. The molecule has 1 aliphatic rings. The van der Waals surface area contributed by atoms with E-state index in [-0.39, 0.29) is 5.92 Å². The summed E-state index contributed by atoms with van der Waals surface area (Å²) in [6.45, 7) is 8.57. The molecule has 1 saturated heterocycles. The molecule has 0 spiro atoms. The molecule has 1 aliphatic heterocycles. The molecule has 0 amide bonds. The zero-order valence-corrected chi connectivity index (χ0v) is 16.8. The highest BCUT2D eigenvalue weighted by Gasteiger charge is 2.28. The summed E-state index contributed by atoms with van der Waals surface area (Å²) < 4.78 is 5.49. The van der Waals surface area contributed by atoms with Crippen molar-refractivity contribution in [3.8, 4) is 5.75 Å². The van der Waals surface area contributed by atoms with Gasteiger partial charge in [0.15, 0.2) is 0 Å². The number of fused-ring (bicyclic) bond motifs is 1. The number of H-pyrrole nitrogens is 1. The largest absolute Gasteiger partial charge is 0.494 e. The molecule has 0 saturated carbocycles. The Bertz CT molecular complexity index is 943. The van der Waals surface area contributed by atoms with Gasteiger partial charge in [-0.3, -0.25) is 0 Å². The van der Waals surface area contributed by atoms with Crippen molar-refractivity contribution < 1.29 is 9.84 Å². The average molecular weight is 380 g/mol. The summed E-state index contributed by atoms with van der Waals surface area (Å²) in [7, 11) is 0. The Labute approximate surface area is 165 Å². The Morgan fingerprint density at radius 1 is 1.18 bits per heavy atom. The lowest BCUT2D eigenvalue weighted by Crippen LogP contribution is -2.36. The topological polar surface area (TPSA) is 74.3 Å². The van der Waals surface area contributed by atoms with E-state index in [4.69, 9.17) is 4.74 Å². The fourth-order valence-electron chi connectivity index (χ4n) is 4.14. The summed E-state index contributed by atoms with van der Waals surface area (Å²) in [4.78, 5) is 14.6. The molecule has 4 rings (SSSR count). The number of aryl methyl sites for hydroxylation is 2. The van der Waals surface area contributed by atoms with Gasteiger partial charge in [0.2, 0.25) is 0 Å². The van der Waals surface area contributed by atoms with Crippen LogP contribution in [-0.2, 0) is 0 Å². The van der Waals surface area contributed by atoms with Gasteiger partial charge in [0.05, 0.1) is 18.1 Å². The van der Waals surface area contributed by atoms with E-state index in [0.29, 0.717) is 6.61 Å². The van der Waals surface area contributed by atoms with E-state index in [1.54, 1.807) is 6.33 Å². The molecular formula is C22H28N4O2. The van der Waals surface area contributed by atoms with Crippen LogP contribution in [0.1, 0.15) is 42.7 Å². The second-order valence-electron chi connectivity index (χ2n) is 7.57. The van der Waals surface area contributed by atoms with Gasteiger partial charge in [-0.05, 0) is 62.8 Å². The first-order valence-corrected chi connectivity index (χ1v) is 10.0. The smallest absolute Gasteiger partial charge is 0.143 e. The molecule has 2 N–H and O–H groups in total. The van der Waals surface area contributed by atoms with Crippen LogP contribution in [0, 0.1) is 19.8 Å². The van der Waals surface area contributed by atoms with Gasteiger partial charge in [0.25, 0.3) is 0 Å². The fourth-order valence-corrected chi connectivity index (χ4v) is 4.14. The van der Waals surface area contributed by atoms with Gasteiger partial charge in [-0.25, -0.2) is 9.97 Å². The lowest BCUT2D eigenvalue weighted by Gasteiger charge is -2.35. The van der Waals surface area contributed by atoms with Gasteiger partial charge < -0.3 is 19.7 Å². The van der Waals surface area contributed by atoms with Crippen LogP contribution >= 0.6 is 0 Å². The number of hydrogen-bond donors (Lipinski definition) is 2. The first-order valence-electron chi connectivity index (χ1n) is 10.0. The Kier molecular flexibility index (Phi) is 5.22. The third-order valence-electron chi connectivity index (χ3n) is 5.89. The molecule has 3 aromatic rings. The zero-order chi connectivity index (χ0) is 19.7. The minimum Gasteiger partial charge on any atom is -0.494 e. The molecule has 3 heterocycles. The summed E-state index contributed by atoms with van der Waals surface area (Å²) in [6.07, 6.45) is 3.05. The highest BCUT2D eigenvalue weighted by atomic mass is 16.5. The van der Waals surface area contributed by atoms with Crippen molar-refractivity contribution in [1.29, 1.82) is 0 Å². The van der Waals surface area contributed by atoms with Crippen molar-refractivity contribution in [1.82, 2.24) is 15.0 Å². The number of anilines is 1. The third-order valence-corrected chi connectivity index (χ3v) is 5.89. The van der Waals surface area contributed by atoms with E-state index in [2.05, 4.69) is 33.7 Å². The molecule has 0 bridgehead atoms. The minimum absolute atomic E-state index is 0.251. The molecule has 1 aromatic carbocycles. The number of aliphatic hydroxyl groups excluding tert-OH is 1. The standard InChI is InChI=1S/C22H28N4O2/c1-4-28-18-7-5-16(6-8-18)20(27)17-9-11-26(12-10-17)22-19-14(2)15(3)25-21(19)23-13-24-22/h5-8,13,17,20,27H,4,9-12H2,1-3H3,(H,23,24,25). The predicted octanol–water partition coefficient (Wildman–Crippen LogP) is 3.92. The normalized spacial score (nSPS) is 16.5. The Morgan fingerprint density at radius 3 is 2.57 bits per heavy atom. The predicted molar refractivity (Wildman–Crippen MR) is 111 cm³/mol. The van der Waals surface area contributed by atoms with Crippen molar-refractivity contribution in [2.75, 3.05) is 24.6 Å². The lowest BCUT2D eigenvalue weighted by molar-refractivity contribution is 0.0928. The maximum absolute atomic E-state index is 10.9. The van der Waals surface area contributed by atoms with E-state index < -0.39 is 6.10 Å². The average Bonchev–Trinajstić information content (AvgIpc) is 3.02. The lowest BCUT2D eigenvalue weighted by atomic mass is 9.87. The minimum atomic E-state index is -0.445. The van der Waals surface area contributed by atoms with Crippen molar-refractivity contribution in [3.05, 3.63) is 47.4 Å². The number of ether oxygens (including phenoxy) is 1. The van der Waals surface area contributed by atoms with Crippen LogP contribution in [0.15, 0.2) is 30.6 Å². The van der Waals surface area contributed by atoms with Gasteiger partial charge in [-0.2, -0.15) is 0 Å². The molecule has 0 radical (unpaired) electrons. The summed E-state index contributed by atoms with van der Waals surface area (Å²) in [5.41, 5.74) is 4.21. The number of rotatable bonds is 5. The van der Waals surface area contributed by atoms with Crippen LogP contribution < -0.4 is 9.64 Å². The summed E-state index contributed by atoms with van der Waals surface area (Å²) in [5, 5.41) is 12.0. The third kappa shape index (κ3) is 3.44. The molecule has 0 aliphatic carbocycles. The van der Waals surface area contributed by atoms with Crippen molar-refractivity contribution in [2.24, 2.45) is 5.92 Å². The first-order chi connectivity index (χ1) is 13.6. The second kappa shape index (κ2) is 7.80. The van der Waals surface area contributed by atoms with Crippen LogP contribution in [0.4, 0.5) is 5.82 Å². The van der Waals surface area contributed by atoms with E-state index in [1.807, 2.05) is 31.2 Å². The molecular weight excluding hydrogens is 352 g/mol. The Balaban J connectivity index is 1.46. The number of hydrogen-bond acceptors (Lipinski definition) is 5. The van der Waals surface area contributed by atoms with Crippen LogP contribution in [0.25, 0.3) is 11.0 Å². The highest BCUT2D eigenvalue weighted by Crippen LogP contribution is 2.35.